The van der Waals surface area contributed by atoms with Crippen LogP contribution in [0.25, 0.3) is 0 Å². The minimum absolute atomic E-state index is 0.110. The van der Waals surface area contributed by atoms with Gasteiger partial charge < -0.3 is 5.32 Å². The van der Waals surface area contributed by atoms with Gasteiger partial charge in [-0.25, -0.2) is 13.1 Å². The molecule has 0 amide bonds. The molecule has 2 N–H and O–H groups in total. The summed E-state index contributed by atoms with van der Waals surface area (Å²) in [5.74, 6) is 0.457. The molecule has 2 rings (SSSR count). The molecule has 0 aromatic heterocycles. The van der Waals surface area contributed by atoms with Crippen molar-refractivity contribution in [2.24, 2.45) is 5.92 Å². The van der Waals surface area contributed by atoms with Gasteiger partial charge in [-0.15, -0.1) is 0 Å². The quantitative estimate of drug-likeness (QED) is 0.812. The van der Waals surface area contributed by atoms with E-state index < -0.39 is 10.0 Å². The topological polar surface area (TPSA) is 58.2 Å². The van der Waals surface area contributed by atoms with Gasteiger partial charge in [0.25, 0.3) is 0 Å². The third-order valence-electron chi connectivity index (χ3n) is 3.78. The van der Waals surface area contributed by atoms with Crippen molar-refractivity contribution in [3.63, 3.8) is 0 Å². The molecular weight excluding hydrogens is 272 g/mol. The van der Waals surface area contributed by atoms with Crippen molar-refractivity contribution >= 4 is 10.0 Å². The van der Waals surface area contributed by atoms with Crippen LogP contribution < -0.4 is 10.0 Å². The molecule has 112 valence electrons. The lowest BCUT2D eigenvalue weighted by Crippen LogP contribution is -2.27. The summed E-state index contributed by atoms with van der Waals surface area (Å²) < 4.78 is 27.3. The van der Waals surface area contributed by atoms with Crippen LogP contribution in [0.5, 0.6) is 0 Å². The van der Waals surface area contributed by atoms with Crippen LogP contribution in [-0.4, -0.2) is 21.0 Å². The summed E-state index contributed by atoms with van der Waals surface area (Å²) in [6.07, 6.45) is 2.00. The van der Waals surface area contributed by atoms with E-state index in [1.165, 1.54) is 0 Å². The van der Waals surface area contributed by atoms with Crippen LogP contribution >= 0.6 is 0 Å². The number of benzene rings is 1. The van der Waals surface area contributed by atoms with Crippen molar-refractivity contribution in [1.29, 1.82) is 0 Å². The molecule has 0 heterocycles. The maximum Gasteiger partial charge on any atom is 0.240 e. The van der Waals surface area contributed by atoms with E-state index in [1.807, 2.05) is 12.1 Å². The minimum Gasteiger partial charge on any atom is -0.310 e. The van der Waals surface area contributed by atoms with Crippen molar-refractivity contribution < 1.29 is 8.42 Å². The zero-order valence-corrected chi connectivity index (χ0v) is 13.2. The molecule has 20 heavy (non-hydrogen) atoms. The lowest BCUT2D eigenvalue weighted by Gasteiger charge is -2.15. The zero-order chi connectivity index (χ0) is 14.8. The highest BCUT2D eigenvalue weighted by molar-refractivity contribution is 7.89. The number of rotatable bonds is 7. The molecule has 1 fully saturated rings. The Morgan fingerprint density at radius 2 is 2.10 bits per heavy atom. The van der Waals surface area contributed by atoms with Crippen LogP contribution in [0.15, 0.2) is 29.2 Å². The number of sulfonamides is 1. The molecule has 1 aliphatic rings. The van der Waals surface area contributed by atoms with Gasteiger partial charge in [-0.2, -0.15) is 0 Å². The van der Waals surface area contributed by atoms with E-state index in [2.05, 4.69) is 30.8 Å². The summed E-state index contributed by atoms with van der Waals surface area (Å²) >= 11 is 0. The fourth-order valence-electron chi connectivity index (χ4n) is 2.18. The summed E-state index contributed by atoms with van der Waals surface area (Å²) in [7, 11) is -3.38. The minimum atomic E-state index is -3.38. The Labute approximate surface area is 122 Å². The molecule has 1 saturated carbocycles. The third kappa shape index (κ3) is 3.81. The van der Waals surface area contributed by atoms with E-state index in [0.29, 0.717) is 10.8 Å². The normalized spacial score (nSPS) is 23.6. The Morgan fingerprint density at radius 3 is 2.70 bits per heavy atom. The summed E-state index contributed by atoms with van der Waals surface area (Å²) in [6.45, 7) is 7.15. The molecule has 3 unspecified atom stereocenters. The van der Waals surface area contributed by atoms with Gasteiger partial charge in [0.2, 0.25) is 10.0 Å². The molecule has 1 aliphatic carbocycles. The van der Waals surface area contributed by atoms with Gasteiger partial charge in [0.1, 0.15) is 0 Å². The number of hydrogen-bond acceptors (Lipinski definition) is 3. The van der Waals surface area contributed by atoms with Crippen LogP contribution in [0.1, 0.15) is 45.2 Å². The molecule has 4 nitrogen and oxygen atoms in total. The van der Waals surface area contributed by atoms with Gasteiger partial charge in [0.15, 0.2) is 0 Å². The molecule has 0 spiro atoms. The average molecular weight is 296 g/mol. The van der Waals surface area contributed by atoms with Gasteiger partial charge in [-0.05, 0) is 49.9 Å². The summed E-state index contributed by atoms with van der Waals surface area (Å²) in [4.78, 5) is 0.360. The van der Waals surface area contributed by atoms with E-state index >= 15 is 0 Å². The molecule has 0 saturated heterocycles. The van der Waals surface area contributed by atoms with Crippen LogP contribution in [0.3, 0.4) is 0 Å². The largest absolute Gasteiger partial charge is 0.310 e. The summed E-state index contributed by atoms with van der Waals surface area (Å²) in [5.41, 5.74) is 1.00. The van der Waals surface area contributed by atoms with E-state index in [4.69, 9.17) is 0 Å². The van der Waals surface area contributed by atoms with Crippen LogP contribution in [0, 0.1) is 5.92 Å². The first kappa shape index (κ1) is 15.5. The van der Waals surface area contributed by atoms with Crippen LogP contribution in [-0.2, 0) is 10.0 Å². The highest BCUT2D eigenvalue weighted by Gasteiger charge is 2.36. The molecule has 0 aliphatic heterocycles. The SMILES string of the molecule is CCCNC(C)c1cccc(S(=O)(=O)NC2CC2C)c1. The Kier molecular flexibility index (Phi) is 4.83. The maximum absolute atomic E-state index is 12.3. The Morgan fingerprint density at radius 1 is 1.40 bits per heavy atom. The average Bonchev–Trinajstić information content (AvgIpc) is 3.10. The van der Waals surface area contributed by atoms with Crippen LogP contribution in [0.4, 0.5) is 0 Å². The monoisotopic (exact) mass is 296 g/mol. The predicted octanol–water partition coefficient (Wildman–Crippen LogP) is 2.43. The fraction of sp³-hybridized carbons (Fsp3) is 0.600. The van der Waals surface area contributed by atoms with E-state index in [1.54, 1.807) is 12.1 Å². The molecule has 5 heteroatoms. The lowest BCUT2D eigenvalue weighted by atomic mass is 10.1. The second-order valence-corrected chi connectivity index (χ2v) is 7.40. The first-order chi connectivity index (χ1) is 9.44. The van der Waals surface area contributed by atoms with Gasteiger partial charge in [0, 0.05) is 12.1 Å². The summed E-state index contributed by atoms with van der Waals surface area (Å²) in [5, 5.41) is 3.37. The van der Waals surface area contributed by atoms with Gasteiger partial charge in [-0.1, -0.05) is 26.0 Å². The molecule has 3 atom stereocenters. The van der Waals surface area contributed by atoms with E-state index in [-0.39, 0.29) is 12.1 Å². The molecule has 1 aromatic rings. The van der Waals surface area contributed by atoms with E-state index in [9.17, 15) is 8.42 Å². The molecule has 0 bridgehead atoms. The number of nitrogens with one attached hydrogen (secondary N) is 2. The van der Waals surface area contributed by atoms with Crippen molar-refractivity contribution in [2.75, 3.05) is 6.54 Å². The molecule has 0 radical (unpaired) electrons. The fourth-order valence-corrected chi connectivity index (χ4v) is 3.60. The van der Waals surface area contributed by atoms with Gasteiger partial charge in [-0.3, -0.25) is 0 Å². The second kappa shape index (κ2) is 6.24. The van der Waals surface area contributed by atoms with Crippen molar-refractivity contribution in [3.05, 3.63) is 29.8 Å². The molecule has 1 aromatic carbocycles. The Bertz CT molecular complexity index is 557. The van der Waals surface area contributed by atoms with E-state index in [0.717, 1.165) is 24.9 Å². The van der Waals surface area contributed by atoms with Gasteiger partial charge >= 0.3 is 0 Å². The Hall–Kier alpha value is -0.910. The second-order valence-electron chi connectivity index (χ2n) is 5.69. The first-order valence-electron chi connectivity index (χ1n) is 7.29. The third-order valence-corrected chi connectivity index (χ3v) is 5.27. The first-order valence-corrected chi connectivity index (χ1v) is 8.78. The van der Waals surface area contributed by atoms with Crippen molar-refractivity contribution in [2.45, 2.75) is 50.6 Å². The van der Waals surface area contributed by atoms with Crippen molar-refractivity contribution in [1.82, 2.24) is 10.0 Å². The predicted molar refractivity (Wildman–Crippen MR) is 81.0 cm³/mol. The lowest BCUT2D eigenvalue weighted by molar-refractivity contribution is 0.566. The zero-order valence-electron chi connectivity index (χ0n) is 12.4. The van der Waals surface area contributed by atoms with Crippen LogP contribution in [0.2, 0.25) is 0 Å². The smallest absolute Gasteiger partial charge is 0.240 e. The number of hydrogen-bond donors (Lipinski definition) is 2. The maximum atomic E-state index is 12.3. The highest BCUT2D eigenvalue weighted by atomic mass is 32.2. The summed E-state index contributed by atoms with van der Waals surface area (Å²) in [6, 6.07) is 7.47. The molecular formula is C15H24N2O2S. The standard InChI is InChI=1S/C15H24N2O2S/c1-4-8-16-12(3)13-6-5-7-14(10-13)20(18,19)17-15-9-11(15)2/h5-7,10-12,15-17H,4,8-9H2,1-3H3. The van der Waals surface area contributed by atoms with Crippen molar-refractivity contribution in [3.8, 4) is 0 Å². The van der Waals surface area contributed by atoms with Gasteiger partial charge in [0.05, 0.1) is 4.90 Å². The highest BCUT2D eigenvalue weighted by Crippen LogP contribution is 2.31. The Balaban J connectivity index is 2.12.